The maximum atomic E-state index is 6.31. The van der Waals surface area contributed by atoms with E-state index in [0.29, 0.717) is 11.6 Å². The Balaban J connectivity index is 1.47. The van der Waals surface area contributed by atoms with E-state index in [2.05, 4.69) is 49.1 Å². The fourth-order valence-electron chi connectivity index (χ4n) is 5.34. The summed E-state index contributed by atoms with van der Waals surface area (Å²) in [5, 5.41) is 0. The highest BCUT2D eigenvalue weighted by atomic mass is 16.5. The Hall–Kier alpha value is -0.860. The molecule has 1 aliphatic carbocycles. The van der Waals surface area contributed by atoms with Crippen LogP contribution in [0.4, 0.5) is 0 Å². The molecule has 4 rings (SSSR count). The standard InChI is InChI=1S/C18H25NO/c1-13-10-19-11-17(16-9-8-15(13)18(16,19)2)20-12-14-6-4-3-5-7-14/h3-7,13,15-17H,8-12H2,1-2H3/t13-,15+,16-,17-,18-/m1/s1. The molecule has 2 nitrogen and oxygen atoms in total. The zero-order chi connectivity index (χ0) is 13.7. The first-order valence-electron chi connectivity index (χ1n) is 8.10. The summed E-state index contributed by atoms with van der Waals surface area (Å²) in [6.45, 7) is 8.14. The second-order valence-corrected chi connectivity index (χ2v) is 7.23. The van der Waals surface area contributed by atoms with Crippen LogP contribution in [0.1, 0.15) is 32.3 Å². The van der Waals surface area contributed by atoms with Crippen molar-refractivity contribution in [2.45, 2.75) is 44.9 Å². The fraction of sp³-hybridized carbons (Fsp3) is 0.667. The molecule has 0 bridgehead atoms. The van der Waals surface area contributed by atoms with Gasteiger partial charge in [-0.3, -0.25) is 4.90 Å². The number of ether oxygens (including phenoxy) is 1. The van der Waals surface area contributed by atoms with E-state index in [1.165, 1.54) is 24.9 Å². The topological polar surface area (TPSA) is 12.5 Å². The molecule has 1 aromatic carbocycles. The van der Waals surface area contributed by atoms with Crippen molar-refractivity contribution in [3.05, 3.63) is 35.9 Å². The van der Waals surface area contributed by atoms with Crippen LogP contribution in [-0.4, -0.2) is 29.6 Å². The maximum absolute atomic E-state index is 6.31. The molecule has 2 saturated heterocycles. The zero-order valence-electron chi connectivity index (χ0n) is 12.6. The lowest BCUT2D eigenvalue weighted by molar-refractivity contribution is 0.0160. The Morgan fingerprint density at radius 1 is 1.15 bits per heavy atom. The Bertz CT molecular complexity index is 487. The van der Waals surface area contributed by atoms with E-state index < -0.39 is 0 Å². The van der Waals surface area contributed by atoms with E-state index >= 15 is 0 Å². The van der Waals surface area contributed by atoms with Crippen molar-refractivity contribution < 1.29 is 4.74 Å². The number of hydrogen-bond acceptors (Lipinski definition) is 2. The summed E-state index contributed by atoms with van der Waals surface area (Å²) >= 11 is 0. The van der Waals surface area contributed by atoms with Gasteiger partial charge in [0.1, 0.15) is 0 Å². The molecule has 1 saturated carbocycles. The molecule has 3 fully saturated rings. The summed E-state index contributed by atoms with van der Waals surface area (Å²) in [5.41, 5.74) is 1.73. The van der Waals surface area contributed by atoms with Gasteiger partial charge < -0.3 is 4.74 Å². The number of nitrogens with zero attached hydrogens (tertiary/aromatic N) is 1. The normalized spacial score (nSPS) is 43.1. The molecule has 3 aliphatic rings. The summed E-state index contributed by atoms with van der Waals surface area (Å²) < 4.78 is 6.31. The Morgan fingerprint density at radius 2 is 1.90 bits per heavy atom. The number of hydrogen-bond donors (Lipinski definition) is 0. The smallest absolute Gasteiger partial charge is 0.0752 e. The van der Waals surface area contributed by atoms with Gasteiger partial charge in [-0.25, -0.2) is 0 Å². The van der Waals surface area contributed by atoms with Crippen molar-refractivity contribution in [1.82, 2.24) is 4.90 Å². The predicted octanol–water partition coefficient (Wildman–Crippen LogP) is 3.32. The molecule has 0 spiro atoms. The SMILES string of the molecule is C[C@@H]1CN2C[C@@H](OCc3ccccc3)[C@H]3CC[C@@H]1[C@]32C. The fourth-order valence-corrected chi connectivity index (χ4v) is 5.34. The minimum Gasteiger partial charge on any atom is -0.372 e. The van der Waals surface area contributed by atoms with E-state index in [0.717, 1.165) is 30.9 Å². The van der Waals surface area contributed by atoms with Crippen LogP contribution in [0.2, 0.25) is 0 Å². The lowest BCUT2D eigenvalue weighted by Crippen LogP contribution is -2.41. The Kier molecular flexibility index (Phi) is 2.94. The van der Waals surface area contributed by atoms with Crippen molar-refractivity contribution in [1.29, 1.82) is 0 Å². The molecule has 0 N–H and O–H groups in total. The van der Waals surface area contributed by atoms with Crippen molar-refractivity contribution in [2.24, 2.45) is 17.8 Å². The van der Waals surface area contributed by atoms with Gasteiger partial charge in [-0.1, -0.05) is 37.3 Å². The molecule has 1 aromatic rings. The quantitative estimate of drug-likeness (QED) is 0.836. The van der Waals surface area contributed by atoms with E-state index in [-0.39, 0.29) is 0 Å². The van der Waals surface area contributed by atoms with Gasteiger partial charge in [-0.15, -0.1) is 0 Å². The third-order valence-electron chi connectivity index (χ3n) is 6.32. The van der Waals surface area contributed by atoms with Crippen LogP contribution in [-0.2, 0) is 11.3 Å². The largest absolute Gasteiger partial charge is 0.372 e. The van der Waals surface area contributed by atoms with Crippen molar-refractivity contribution in [3.8, 4) is 0 Å². The lowest BCUT2D eigenvalue weighted by Gasteiger charge is -2.32. The Morgan fingerprint density at radius 3 is 2.70 bits per heavy atom. The summed E-state index contributed by atoms with van der Waals surface area (Å²) in [6.07, 6.45) is 3.21. The molecule has 108 valence electrons. The molecular weight excluding hydrogens is 246 g/mol. The minimum absolute atomic E-state index is 0.431. The molecule has 0 amide bonds. The first kappa shape index (κ1) is 12.8. The van der Waals surface area contributed by atoms with Crippen LogP contribution in [0.3, 0.4) is 0 Å². The molecular formula is C18H25NO. The third kappa shape index (κ3) is 1.71. The summed E-state index contributed by atoms with van der Waals surface area (Å²) in [7, 11) is 0. The van der Waals surface area contributed by atoms with E-state index in [1.807, 2.05) is 0 Å². The van der Waals surface area contributed by atoms with Crippen molar-refractivity contribution in [2.75, 3.05) is 13.1 Å². The molecule has 20 heavy (non-hydrogen) atoms. The summed E-state index contributed by atoms with van der Waals surface area (Å²) in [5.74, 6) is 2.53. The van der Waals surface area contributed by atoms with E-state index in [4.69, 9.17) is 4.74 Å². The summed E-state index contributed by atoms with van der Waals surface area (Å²) in [6, 6.07) is 10.6. The number of benzene rings is 1. The first-order valence-corrected chi connectivity index (χ1v) is 8.10. The molecule has 0 aromatic heterocycles. The highest BCUT2D eigenvalue weighted by Crippen LogP contribution is 2.57. The van der Waals surface area contributed by atoms with Gasteiger partial charge in [0, 0.05) is 24.5 Å². The van der Waals surface area contributed by atoms with Crippen molar-refractivity contribution >= 4 is 0 Å². The average molecular weight is 271 g/mol. The monoisotopic (exact) mass is 271 g/mol. The maximum Gasteiger partial charge on any atom is 0.0752 e. The predicted molar refractivity (Wildman–Crippen MR) is 80.4 cm³/mol. The lowest BCUT2D eigenvalue weighted by atomic mass is 9.80. The number of rotatable bonds is 3. The molecule has 5 atom stereocenters. The highest BCUT2D eigenvalue weighted by Gasteiger charge is 2.63. The zero-order valence-corrected chi connectivity index (χ0v) is 12.6. The minimum atomic E-state index is 0.431. The molecule has 2 heterocycles. The van der Waals surface area contributed by atoms with Crippen LogP contribution in [0.5, 0.6) is 0 Å². The van der Waals surface area contributed by atoms with Gasteiger partial charge in [-0.2, -0.15) is 0 Å². The van der Waals surface area contributed by atoms with Crippen LogP contribution < -0.4 is 0 Å². The van der Waals surface area contributed by atoms with Gasteiger partial charge >= 0.3 is 0 Å². The second kappa shape index (κ2) is 4.57. The second-order valence-electron chi connectivity index (χ2n) is 7.23. The third-order valence-corrected chi connectivity index (χ3v) is 6.32. The van der Waals surface area contributed by atoms with Crippen LogP contribution in [0.15, 0.2) is 30.3 Å². The molecule has 0 radical (unpaired) electrons. The molecule has 2 heteroatoms. The van der Waals surface area contributed by atoms with Gasteiger partial charge in [0.05, 0.1) is 12.7 Å². The Labute approximate surface area is 122 Å². The molecule has 2 aliphatic heterocycles. The molecule has 0 unspecified atom stereocenters. The highest BCUT2D eigenvalue weighted by molar-refractivity contribution is 5.17. The van der Waals surface area contributed by atoms with Gasteiger partial charge in [-0.05, 0) is 37.2 Å². The first-order chi connectivity index (χ1) is 9.69. The summed E-state index contributed by atoms with van der Waals surface area (Å²) in [4.78, 5) is 2.73. The van der Waals surface area contributed by atoms with Crippen LogP contribution in [0, 0.1) is 17.8 Å². The van der Waals surface area contributed by atoms with Crippen LogP contribution >= 0.6 is 0 Å². The van der Waals surface area contributed by atoms with Gasteiger partial charge in [0.15, 0.2) is 0 Å². The van der Waals surface area contributed by atoms with Gasteiger partial charge in [0.2, 0.25) is 0 Å². The van der Waals surface area contributed by atoms with E-state index in [1.54, 1.807) is 0 Å². The van der Waals surface area contributed by atoms with Gasteiger partial charge in [0.25, 0.3) is 0 Å². The van der Waals surface area contributed by atoms with Crippen molar-refractivity contribution in [3.63, 3.8) is 0 Å². The average Bonchev–Trinajstić information content (AvgIpc) is 3.02. The van der Waals surface area contributed by atoms with Crippen LogP contribution in [0.25, 0.3) is 0 Å². The van der Waals surface area contributed by atoms with E-state index in [9.17, 15) is 0 Å².